The number of nitrogens with one attached hydrogen (secondary N) is 2. The van der Waals surface area contributed by atoms with Crippen molar-refractivity contribution in [2.75, 3.05) is 6.54 Å². The number of rotatable bonds is 10. The van der Waals surface area contributed by atoms with Crippen LogP contribution in [0.2, 0.25) is 0 Å². The highest BCUT2D eigenvalue weighted by Gasteiger charge is 2.32. The van der Waals surface area contributed by atoms with Gasteiger partial charge in [0.05, 0.1) is 36.5 Å². The number of hydrogen-bond acceptors (Lipinski definition) is 9. The third-order valence-electron chi connectivity index (χ3n) is 5.16. The van der Waals surface area contributed by atoms with Crippen molar-refractivity contribution in [1.29, 1.82) is 5.26 Å². The van der Waals surface area contributed by atoms with E-state index >= 15 is 0 Å². The average Bonchev–Trinajstić information content (AvgIpc) is 3.62. The third-order valence-corrected chi connectivity index (χ3v) is 7.05. The van der Waals surface area contributed by atoms with E-state index in [1.807, 2.05) is 13.0 Å². The lowest BCUT2D eigenvalue weighted by Crippen LogP contribution is -2.45. The SMILES string of the molecule is CCC(C)O.N#Cc1ccc(-c2ncc(C(=O)NCC(=O)NC(CCC(F)(F)F)C(O)c3nccs3)s2)cc1. The first-order chi connectivity index (χ1) is 18.4. The van der Waals surface area contributed by atoms with E-state index in [4.69, 9.17) is 10.4 Å². The van der Waals surface area contributed by atoms with E-state index in [1.165, 1.54) is 12.4 Å². The highest BCUT2D eigenvalue weighted by molar-refractivity contribution is 7.16. The van der Waals surface area contributed by atoms with Gasteiger partial charge < -0.3 is 20.8 Å². The summed E-state index contributed by atoms with van der Waals surface area (Å²) < 4.78 is 38.0. The molecule has 1 aromatic carbocycles. The standard InChI is InChI=1S/C21H18F3N5O3S2.C4H10O/c22-21(23,24)6-5-14(17(31)20-26-7-8-33-20)29-16(30)11-27-18(32)15-10-28-19(34-15)13-3-1-12(9-25)2-4-13;1-3-4(2)5/h1-4,7-8,10,14,17,31H,5-6,11H2,(H,27,32)(H,29,30);4-5H,3H2,1-2H3. The molecule has 14 heteroatoms. The van der Waals surface area contributed by atoms with Crippen LogP contribution in [0.5, 0.6) is 0 Å². The number of hydrogen-bond donors (Lipinski definition) is 4. The predicted octanol–water partition coefficient (Wildman–Crippen LogP) is 4.21. The molecule has 3 atom stereocenters. The summed E-state index contributed by atoms with van der Waals surface area (Å²) in [5.74, 6) is -1.34. The number of aromatic nitrogens is 2. The van der Waals surface area contributed by atoms with Gasteiger partial charge in [-0.05, 0) is 31.9 Å². The van der Waals surface area contributed by atoms with Crippen LogP contribution < -0.4 is 10.6 Å². The van der Waals surface area contributed by atoms with Crippen molar-refractivity contribution in [3.05, 3.63) is 57.5 Å². The smallest absolute Gasteiger partial charge is 0.389 e. The number of halogens is 3. The van der Waals surface area contributed by atoms with Gasteiger partial charge in [-0.3, -0.25) is 9.59 Å². The molecule has 0 fully saturated rings. The Bertz CT molecular complexity index is 1230. The van der Waals surface area contributed by atoms with Crippen LogP contribution in [0.4, 0.5) is 13.2 Å². The predicted molar refractivity (Wildman–Crippen MR) is 141 cm³/mol. The number of aliphatic hydroxyl groups is 2. The van der Waals surface area contributed by atoms with Crippen LogP contribution in [0, 0.1) is 11.3 Å². The number of alkyl halides is 3. The van der Waals surface area contributed by atoms with Crippen LogP contribution >= 0.6 is 22.7 Å². The van der Waals surface area contributed by atoms with Gasteiger partial charge in [0.1, 0.15) is 21.0 Å². The maximum absolute atomic E-state index is 12.7. The first-order valence-corrected chi connectivity index (χ1v) is 13.5. The van der Waals surface area contributed by atoms with Crippen LogP contribution in [0.15, 0.2) is 42.0 Å². The minimum Gasteiger partial charge on any atom is -0.393 e. The number of carbonyl (C=O) groups excluding carboxylic acids is 2. The molecule has 2 aromatic heterocycles. The Balaban J connectivity index is 0.000000976. The van der Waals surface area contributed by atoms with E-state index < -0.39 is 49.5 Å². The minimum absolute atomic E-state index is 0.116. The van der Waals surface area contributed by atoms with E-state index in [0.717, 1.165) is 29.1 Å². The lowest BCUT2D eigenvalue weighted by Gasteiger charge is -2.23. The molecule has 0 saturated carbocycles. The summed E-state index contributed by atoms with van der Waals surface area (Å²) in [7, 11) is 0. The van der Waals surface area contributed by atoms with Gasteiger partial charge in [-0.15, -0.1) is 22.7 Å². The van der Waals surface area contributed by atoms with Gasteiger partial charge in [0, 0.05) is 23.6 Å². The molecule has 39 heavy (non-hydrogen) atoms. The van der Waals surface area contributed by atoms with Crippen molar-refractivity contribution in [1.82, 2.24) is 20.6 Å². The Hall–Kier alpha value is -3.38. The Morgan fingerprint density at radius 1 is 1.18 bits per heavy atom. The molecule has 0 aliphatic rings. The summed E-state index contributed by atoms with van der Waals surface area (Å²) >= 11 is 2.13. The van der Waals surface area contributed by atoms with Crippen LogP contribution in [0.1, 0.15) is 59.5 Å². The fraction of sp³-hybridized carbons (Fsp3) is 0.400. The molecule has 0 saturated heterocycles. The maximum Gasteiger partial charge on any atom is 0.389 e. The molecule has 3 unspecified atom stereocenters. The van der Waals surface area contributed by atoms with E-state index in [-0.39, 0.29) is 16.0 Å². The number of nitrogens with zero attached hydrogens (tertiary/aromatic N) is 3. The van der Waals surface area contributed by atoms with Crippen molar-refractivity contribution in [2.45, 2.75) is 57.5 Å². The molecule has 210 valence electrons. The summed E-state index contributed by atoms with van der Waals surface area (Å²) in [4.78, 5) is 33.0. The molecule has 0 spiro atoms. The second kappa shape index (κ2) is 15.3. The summed E-state index contributed by atoms with van der Waals surface area (Å²) in [5, 5.41) is 34.6. The number of benzene rings is 1. The lowest BCUT2D eigenvalue weighted by molar-refractivity contribution is -0.139. The molecule has 4 N–H and O–H groups in total. The van der Waals surface area contributed by atoms with Gasteiger partial charge in [0.2, 0.25) is 5.91 Å². The zero-order valence-electron chi connectivity index (χ0n) is 21.1. The normalized spacial score (nSPS) is 13.3. The van der Waals surface area contributed by atoms with Gasteiger partial charge >= 0.3 is 6.18 Å². The van der Waals surface area contributed by atoms with Crippen molar-refractivity contribution in [2.24, 2.45) is 0 Å². The number of amides is 2. The minimum atomic E-state index is -4.46. The molecule has 0 bridgehead atoms. The molecule has 2 heterocycles. The highest BCUT2D eigenvalue weighted by atomic mass is 32.1. The van der Waals surface area contributed by atoms with E-state index in [9.17, 15) is 27.9 Å². The zero-order valence-corrected chi connectivity index (χ0v) is 22.7. The van der Waals surface area contributed by atoms with Gasteiger partial charge in [-0.1, -0.05) is 19.1 Å². The molecular weight excluding hydrogens is 555 g/mol. The Labute approximate surface area is 231 Å². The number of nitriles is 1. The molecule has 9 nitrogen and oxygen atoms in total. The van der Waals surface area contributed by atoms with Gasteiger partial charge in [0.15, 0.2) is 0 Å². The van der Waals surface area contributed by atoms with Crippen LogP contribution in [0.3, 0.4) is 0 Å². The second-order valence-electron chi connectivity index (χ2n) is 8.30. The molecule has 0 aliphatic carbocycles. The summed E-state index contributed by atoms with van der Waals surface area (Å²) in [6, 6.07) is 7.41. The van der Waals surface area contributed by atoms with Crippen LogP contribution in [-0.2, 0) is 4.79 Å². The molecule has 3 aromatic rings. The average molecular weight is 584 g/mol. The monoisotopic (exact) mass is 583 g/mol. The first-order valence-electron chi connectivity index (χ1n) is 11.8. The van der Waals surface area contributed by atoms with Crippen molar-refractivity contribution >= 4 is 34.5 Å². The van der Waals surface area contributed by atoms with E-state index in [1.54, 1.807) is 36.6 Å². The van der Waals surface area contributed by atoms with Gasteiger partial charge in [-0.2, -0.15) is 18.4 Å². The topological polar surface area (TPSA) is 148 Å². The largest absolute Gasteiger partial charge is 0.393 e. The molecule has 0 aliphatic heterocycles. The Morgan fingerprint density at radius 2 is 1.85 bits per heavy atom. The first kappa shape index (κ1) is 31.8. The highest BCUT2D eigenvalue weighted by Crippen LogP contribution is 2.28. The molecular formula is C25H28F3N5O4S2. The quantitative estimate of drug-likeness (QED) is 0.280. The molecule has 3 rings (SSSR count). The van der Waals surface area contributed by atoms with Crippen molar-refractivity contribution < 1.29 is 33.0 Å². The van der Waals surface area contributed by atoms with Crippen LogP contribution in [-0.4, -0.2) is 56.9 Å². The molecule has 0 radical (unpaired) electrons. The van der Waals surface area contributed by atoms with Crippen LogP contribution in [0.25, 0.3) is 10.6 Å². The summed E-state index contributed by atoms with van der Waals surface area (Å²) in [6.07, 6.45) is -4.15. The van der Waals surface area contributed by atoms with Crippen molar-refractivity contribution in [3.8, 4) is 16.6 Å². The van der Waals surface area contributed by atoms with E-state index in [2.05, 4.69) is 20.6 Å². The number of thiazole rings is 2. The second-order valence-corrected chi connectivity index (χ2v) is 10.3. The Kier molecular flexibility index (Phi) is 12.5. The maximum atomic E-state index is 12.7. The fourth-order valence-electron chi connectivity index (χ4n) is 2.89. The summed E-state index contributed by atoms with van der Waals surface area (Å²) in [6.45, 7) is 3.22. The van der Waals surface area contributed by atoms with E-state index in [0.29, 0.717) is 16.1 Å². The summed E-state index contributed by atoms with van der Waals surface area (Å²) in [5.41, 5.74) is 1.20. The zero-order chi connectivity index (χ0) is 29.0. The fourth-order valence-corrected chi connectivity index (χ4v) is 4.41. The van der Waals surface area contributed by atoms with Gasteiger partial charge in [0.25, 0.3) is 5.91 Å². The number of carbonyl (C=O) groups is 2. The Morgan fingerprint density at radius 3 is 2.38 bits per heavy atom. The number of aliphatic hydroxyl groups excluding tert-OH is 2. The lowest BCUT2D eigenvalue weighted by atomic mass is 10.1. The third kappa shape index (κ3) is 11.1. The molecule has 2 amide bonds. The van der Waals surface area contributed by atoms with Gasteiger partial charge in [-0.25, -0.2) is 9.97 Å². The van der Waals surface area contributed by atoms with Crippen molar-refractivity contribution in [3.63, 3.8) is 0 Å².